The number of carbonyl (C=O) groups is 2. The van der Waals surface area contributed by atoms with Crippen molar-refractivity contribution in [2.24, 2.45) is 5.41 Å². The van der Waals surface area contributed by atoms with Gasteiger partial charge in [-0.25, -0.2) is 4.79 Å². The maximum absolute atomic E-state index is 13.2. The highest BCUT2D eigenvalue weighted by Gasteiger charge is 2.49. The molecular weight excluding hydrogens is 411 g/mol. The Balaban J connectivity index is 1.60. The van der Waals surface area contributed by atoms with Gasteiger partial charge in [0.25, 0.3) is 0 Å². The topological polar surface area (TPSA) is 53.1 Å². The Kier molecular flexibility index (Phi) is 7.01. The molecule has 0 aromatic heterocycles. The molecule has 0 radical (unpaired) electrons. The van der Waals surface area contributed by atoms with Gasteiger partial charge >= 0.3 is 12.4 Å². The van der Waals surface area contributed by atoms with Gasteiger partial charge in [0.05, 0.1) is 5.41 Å². The summed E-state index contributed by atoms with van der Waals surface area (Å²) < 4.78 is 40.9. The van der Waals surface area contributed by atoms with Gasteiger partial charge in [0.1, 0.15) is 5.75 Å². The number of urea groups is 1. The highest BCUT2D eigenvalue weighted by molar-refractivity contribution is 6.00. The number of hydrogen-bond acceptors (Lipinski definition) is 3. The Morgan fingerprint density at radius 1 is 1.10 bits per heavy atom. The lowest BCUT2D eigenvalue weighted by Crippen LogP contribution is -2.51. The van der Waals surface area contributed by atoms with Gasteiger partial charge in [0.15, 0.2) is 0 Å². The molecule has 0 saturated carbocycles. The monoisotopic (exact) mass is 441 g/mol. The van der Waals surface area contributed by atoms with Crippen molar-refractivity contribution >= 4 is 17.6 Å². The van der Waals surface area contributed by atoms with E-state index >= 15 is 0 Å². The molecule has 0 atom stereocenters. The van der Waals surface area contributed by atoms with Crippen LogP contribution in [0, 0.1) is 5.41 Å². The van der Waals surface area contributed by atoms with Crippen LogP contribution in [-0.2, 0) is 4.79 Å². The van der Waals surface area contributed by atoms with Gasteiger partial charge in [-0.15, -0.1) is 13.2 Å². The third kappa shape index (κ3) is 5.25. The second kappa shape index (κ2) is 9.36. The van der Waals surface area contributed by atoms with E-state index in [4.69, 9.17) is 0 Å². The van der Waals surface area contributed by atoms with Crippen molar-refractivity contribution < 1.29 is 27.5 Å². The zero-order chi connectivity index (χ0) is 22.6. The van der Waals surface area contributed by atoms with E-state index in [-0.39, 0.29) is 17.7 Å². The molecule has 31 heavy (non-hydrogen) atoms. The molecule has 6 nitrogen and oxygen atoms in total. The van der Waals surface area contributed by atoms with Crippen LogP contribution in [-0.4, -0.2) is 60.8 Å². The average Bonchev–Trinajstić information content (AvgIpc) is 3.04. The summed E-state index contributed by atoms with van der Waals surface area (Å²) in [4.78, 5) is 31.3. The first-order valence-electron chi connectivity index (χ1n) is 10.9. The molecule has 0 N–H and O–H groups in total. The average molecular weight is 441 g/mol. The lowest BCUT2D eigenvalue weighted by Gasteiger charge is -2.39. The zero-order valence-electron chi connectivity index (χ0n) is 18.1. The number of ether oxygens (including phenoxy) is 1. The predicted molar refractivity (Wildman–Crippen MR) is 111 cm³/mol. The number of alkyl halides is 3. The molecule has 2 aliphatic heterocycles. The summed E-state index contributed by atoms with van der Waals surface area (Å²) in [5, 5.41) is 0. The number of anilines is 1. The van der Waals surface area contributed by atoms with Gasteiger partial charge < -0.3 is 19.4 Å². The van der Waals surface area contributed by atoms with E-state index in [2.05, 4.69) is 11.7 Å². The van der Waals surface area contributed by atoms with E-state index in [1.807, 2.05) is 16.7 Å². The predicted octanol–water partition coefficient (Wildman–Crippen LogP) is 4.65. The molecule has 9 heteroatoms. The maximum atomic E-state index is 13.2. The number of carbonyl (C=O) groups excluding carboxylic acids is 2. The normalized spacial score (nSPS) is 18.5. The number of halogens is 3. The number of unbranched alkanes of at least 4 members (excludes halogenated alkanes) is 1. The van der Waals surface area contributed by atoms with E-state index in [0.717, 1.165) is 19.4 Å². The van der Waals surface area contributed by atoms with E-state index in [0.29, 0.717) is 51.1 Å². The van der Waals surface area contributed by atoms with Crippen LogP contribution in [0.5, 0.6) is 5.75 Å². The van der Waals surface area contributed by atoms with E-state index in [1.54, 1.807) is 4.90 Å². The summed E-state index contributed by atoms with van der Waals surface area (Å²) in [6, 6.07) is 5.43. The van der Waals surface area contributed by atoms with Crippen molar-refractivity contribution in [2.75, 3.05) is 37.6 Å². The highest BCUT2D eigenvalue weighted by atomic mass is 19.4. The fourth-order valence-corrected chi connectivity index (χ4v) is 4.42. The van der Waals surface area contributed by atoms with Crippen molar-refractivity contribution in [1.29, 1.82) is 0 Å². The van der Waals surface area contributed by atoms with Crippen molar-refractivity contribution in [3.8, 4) is 5.75 Å². The quantitative estimate of drug-likeness (QED) is 0.646. The van der Waals surface area contributed by atoms with Crippen molar-refractivity contribution in [2.45, 2.75) is 52.3 Å². The Morgan fingerprint density at radius 2 is 1.71 bits per heavy atom. The Hall–Kier alpha value is -2.45. The molecular formula is C22H30F3N3O3. The third-order valence-electron chi connectivity index (χ3n) is 6.32. The minimum Gasteiger partial charge on any atom is -0.406 e. The Morgan fingerprint density at radius 3 is 2.26 bits per heavy atom. The molecule has 1 aromatic carbocycles. The van der Waals surface area contributed by atoms with Crippen LogP contribution in [0.1, 0.15) is 46.0 Å². The standard InChI is InChI=1S/C22H30F3N3O3/c1-3-5-13-26(4-2)20(30)27-14-10-21(11-15-27)12-16-28(19(21)29)17-6-8-18(9-7-17)31-22(23,24)25/h6-9H,3-5,10-16H2,1-2H3. The zero-order valence-corrected chi connectivity index (χ0v) is 18.1. The van der Waals surface area contributed by atoms with Crippen molar-refractivity contribution in [1.82, 2.24) is 9.80 Å². The molecule has 2 aliphatic rings. The van der Waals surface area contributed by atoms with Crippen LogP contribution < -0.4 is 9.64 Å². The van der Waals surface area contributed by atoms with E-state index < -0.39 is 11.8 Å². The molecule has 2 heterocycles. The number of benzene rings is 1. The largest absolute Gasteiger partial charge is 0.573 e. The highest BCUT2D eigenvalue weighted by Crippen LogP contribution is 2.43. The smallest absolute Gasteiger partial charge is 0.406 e. The Bertz CT molecular complexity index is 774. The van der Waals surface area contributed by atoms with Gasteiger partial charge in [-0.05, 0) is 56.9 Å². The first-order chi connectivity index (χ1) is 14.7. The summed E-state index contributed by atoms with van der Waals surface area (Å²) in [7, 11) is 0. The minimum absolute atomic E-state index is 0.0116. The number of likely N-dealkylation sites (tertiary alicyclic amines) is 1. The fraction of sp³-hybridized carbons (Fsp3) is 0.636. The lowest BCUT2D eigenvalue weighted by molar-refractivity contribution is -0.274. The summed E-state index contributed by atoms with van der Waals surface area (Å²) in [6.07, 6.45) is -0.853. The molecule has 2 saturated heterocycles. The van der Waals surface area contributed by atoms with Crippen LogP contribution in [0.15, 0.2) is 24.3 Å². The molecule has 0 bridgehead atoms. The van der Waals surface area contributed by atoms with Crippen molar-refractivity contribution in [3.05, 3.63) is 24.3 Å². The summed E-state index contributed by atoms with van der Waals surface area (Å²) >= 11 is 0. The minimum atomic E-state index is -4.75. The number of amides is 3. The first-order valence-corrected chi connectivity index (χ1v) is 10.9. The van der Waals surface area contributed by atoms with Gasteiger partial charge in [-0.3, -0.25) is 4.79 Å². The third-order valence-corrected chi connectivity index (χ3v) is 6.32. The lowest BCUT2D eigenvalue weighted by atomic mass is 9.77. The van der Waals surface area contributed by atoms with Crippen LogP contribution in [0.25, 0.3) is 0 Å². The molecule has 2 fully saturated rings. The van der Waals surface area contributed by atoms with E-state index in [9.17, 15) is 22.8 Å². The van der Waals surface area contributed by atoms with Gasteiger partial charge in [-0.2, -0.15) is 0 Å². The SMILES string of the molecule is CCCCN(CC)C(=O)N1CCC2(CC1)CCN(c1ccc(OC(F)(F)F)cc1)C2=O. The molecule has 3 rings (SSSR count). The van der Waals surface area contributed by atoms with Crippen LogP contribution >= 0.6 is 0 Å². The molecule has 172 valence electrons. The van der Waals surface area contributed by atoms with Crippen LogP contribution in [0.4, 0.5) is 23.7 Å². The first kappa shape index (κ1) is 23.2. The number of rotatable bonds is 6. The van der Waals surface area contributed by atoms with Gasteiger partial charge in [-0.1, -0.05) is 13.3 Å². The van der Waals surface area contributed by atoms with Crippen molar-refractivity contribution in [3.63, 3.8) is 0 Å². The summed E-state index contributed by atoms with van der Waals surface area (Å²) in [6.45, 7) is 7.08. The van der Waals surface area contributed by atoms with Gasteiger partial charge in [0.2, 0.25) is 5.91 Å². The second-order valence-corrected chi connectivity index (χ2v) is 8.23. The molecule has 1 aromatic rings. The number of piperidine rings is 1. The Labute approximate surface area is 180 Å². The second-order valence-electron chi connectivity index (χ2n) is 8.23. The number of hydrogen-bond donors (Lipinski definition) is 0. The van der Waals surface area contributed by atoms with E-state index in [1.165, 1.54) is 24.3 Å². The number of nitrogens with zero attached hydrogens (tertiary/aromatic N) is 3. The fourth-order valence-electron chi connectivity index (χ4n) is 4.42. The maximum Gasteiger partial charge on any atom is 0.573 e. The molecule has 0 aliphatic carbocycles. The van der Waals surface area contributed by atoms with Crippen LogP contribution in [0.3, 0.4) is 0 Å². The summed E-state index contributed by atoms with van der Waals surface area (Å²) in [5.41, 5.74) is 0.0601. The molecule has 0 unspecified atom stereocenters. The molecule has 1 spiro atoms. The molecule has 3 amide bonds. The van der Waals surface area contributed by atoms with Crippen LogP contribution in [0.2, 0.25) is 0 Å². The summed E-state index contributed by atoms with van der Waals surface area (Å²) in [5.74, 6) is -0.324. The van der Waals surface area contributed by atoms with Gasteiger partial charge in [0, 0.05) is 38.4 Å².